The van der Waals surface area contributed by atoms with Gasteiger partial charge in [0.05, 0.1) is 0 Å². The average Bonchev–Trinajstić information content (AvgIpc) is 2.46. The maximum absolute atomic E-state index is 12.6. The molecule has 1 unspecified atom stereocenters. The maximum atomic E-state index is 12.6. The molecule has 0 saturated carbocycles. The molecule has 0 bridgehead atoms. The largest absolute Gasteiger partial charge is 0.353 e. The Hall–Kier alpha value is -1.59. The molecule has 1 aliphatic rings. The zero-order valence-corrected chi connectivity index (χ0v) is 13.2. The van der Waals surface area contributed by atoms with Gasteiger partial charge in [-0.3, -0.25) is 9.59 Å². The smallest absolute Gasteiger partial charge is 0.254 e. The number of nitrogens with zero attached hydrogens (tertiary/aromatic N) is 1. The standard InChI is InChI=1S/C15H21N3O2.ClH/c1-10(2)13-14(19)17-7-8-18(13)15(20)12-5-3-11(9-16)4-6-12;/h3-6,10,13H,7-9,16H2,1-2H3,(H,17,19);1H. The summed E-state index contributed by atoms with van der Waals surface area (Å²) in [5.41, 5.74) is 7.13. The van der Waals surface area contributed by atoms with Gasteiger partial charge >= 0.3 is 0 Å². The van der Waals surface area contributed by atoms with Crippen LogP contribution in [0, 0.1) is 5.92 Å². The highest BCUT2D eigenvalue weighted by Crippen LogP contribution is 2.17. The van der Waals surface area contributed by atoms with Crippen molar-refractivity contribution in [3.63, 3.8) is 0 Å². The number of nitrogens with one attached hydrogen (secondary N) is 1. The normalized spacial score (nSPS) is 18.2. The highest BCUT2D eigenvalue weighted by molar-refractivity contribution is 5.98. The van der Waals surface area contributed by atoms with Crippen LogP contribution in [0.5, 0.6) is 0 Å². The van der Waals surface area contributed by atoms with Gasteiger partial charge in [0.1, 0.15) is 6.04 Å². The Balaban J connectivity index is 0.00000220. The number of carbonyl (C=O) groups is 2. The third-order valence-corrected chi connectivity index (χ3v) is 3.59. The highest BCUT2D eigenvalue weighted by atomic mass is 35.5. The van der Waals surface area contributed by atoms with Crippen LogP contribution in [0.2, 0.25) is 0 Å². The molecule has 6 heteroatoms. The number of piperazine rings is 1. The lowest BCUT2D eigenvalue weighted by Crippen LogP contribution is -2.59. The molecule has 3 N–H and O–H groups in total. The molecule has 0 spiro atoms. The Morgan fingerprint density at radius 1 is 1.38 bits per heavy atom. The van der Waals surface area contributed by atoms with Crippen molar-refractivity contribution in [2.24, 2.45) is 11.7 Å². The van der Waals surface area contributed by atoms with Crippen LogP contribution in [0.3, 0.4) is 0 Å². The van der Waals surface area contributed by atoms with Crippen LogP contribution in [0.25, 0.3) is 0 Å². The Kier molecular flexibility index (Phi) is 6.18. The summed E-state index contributed by atoms with van der Waals surface area (Å²) in [6.45, 7) is 5.41. The molecule has 1 heterocycles. The predicted octanol–water partition coefficient (Wildman–Crippen LogP) is 1.16. The van der Waals surface area contributed by atoms with Crippen molar-refractivity contribution in [3.05, 3.63) is 35.4 Å². The second-order valence-corrected chi connectivity index (χ2v) is 5.38. The number of carbonyl (C=O) groups excluding carboxylic acids is 2. The van der Waals surface area contributed by atoms with Crippen molar-refractivity contribution >= 4 is 24.2 Å². The summed E-state index contributed by atoms with van der Waals surface area (Å²) in [4.78, 5) is 26.2. The molecule has 2 rings (SSSR count). The van der Waals surface area contributed by atoms with Crippen molar-refractivity contribution in [2.75, 3.05) is 13.1 Å². The second-order valence-electron chi connectivity index (χ2n) is 5.38. The fourth-order valence-electron chi connectivity index (χ4n) is 2.52. The molecule has 21 heavy (non-hydrogen) atoms. The lowest BCUT2D eigenvalue weighted by atomic mass is 9.98. The molecule has 0 aromatic heterocycles. The quantitative estimate of drug-likeness (QED) is 0.879. The SMILES string of the molecule is CC(C)C1C(=O)NCCN1C(=O)c1ccc(CN)cc1.Cl. The molecule has 116 valence electrons. The number of amides is 2. The van der Waals surface area contributed by atoms with Crippen LogP contribution in [0.4, 0.5) is 0 Å². The molecular weight excluding hydrogens is 290 g/mol. The van der Waals surface area contributed by atoms with Crippen LogP contribution in [0.1, 0.15) is 29.8 Å². The van der Waals surface area contributed by atoms with Gasteiger partial charge in [-0.2, -0.15) is 0 Å². The summed E-state index contributed by atoms with van der Waals surface area (Å²) < 4.78 is 0. The van der Waals surface area contributed by atoms with E-state index >= 15 is 0 Å². The molecule has 5 nitrogen and oxygen atoms in total. The van der Waals surface area contributed by atoms with Gasteiger partial charge < -0.3 is 16.0 Å². The van der Waals surface area contributed by atoms with Gasteiger partial charge in [0.15, 0.2) is 0 Å². The number of hydrogen-bond donors (Lipinski definition) is 2. The number of rotatable bonds is 3. The van der Waals surface area contributed by atoms with Crippen molar-refractivity contribution in [2.45, 2.75) is 26.4 Å². The minimum atomic E-state index is -0.398. The summed E-state index contributed by atoms with van der Waals surface area (Å²) in [7, 11) is 0. The zero-order chi connectivity index (χ0) is 14.7. The van der Waals surface area contributed by atoms with E-state index in [-0.39, 0.29) is 30.1 Å². The third-order valence-electron chi connectivity index (χ3n) is 3.59. The van der Waals surface area contributed by atoms with Gasteiger partial charge in [-0.15, -0.1) is 12.4 Å². The zero-order valence-electron chi connectivity index (χ0n) is 12.3. The lowest BCUT2D eigenvalue weighted by molar-refractivity contribution is -0.129. The van der Waals surface area contributed by atoms with E-state index in [9.17, 15) is 9.59 Å². The van der Waals surface area contributed by atoms with E-state index in [1.165, 1.54) is 0 Å². The number of halogens is 1. The minimum absolute atomic E-state index is 0. The van der Waals surface area contributed by atoms with Gasteiger partial charge in [-0.1, -0.05) is 26.0 Å². The van der Waals surface area contributed by atoms with Crippen LogP contribution in [-0.4, -0.2) is 35.8 Å². The topological polar surface area (TPSA) is 75.4 Å². The van der Waals surface area contributed by atoms with E-state index in [2.05, 4.69) is 5.32 Å². The Morgan fingerprint density at radius 3 is 2.52 bits per heavy atom. The molecule has 0 aliphatic carbocycles. The van der Waals surface area contributed by atoms with Gasteiger partial charge in [0, 0.05) is 25.2 Å². The molecule has 1 aromatic carbocycles. The molecule has 1 aromatic rings. The Bertz CT molecular complexity index is 502. The number of nitrogens with two attached hydrogens (primary N) is 1. The van der Waals surface area contributed by atoms with E-state index in [4.69, 9.17) is 5.73 Å². The highest BCUT2D eigenvalue weighted by Gasteiger charge is 2.35. The first kappa shape index (κ1) is 17.5. The van der Waals surface area contributed by atoms with E-state index in [0.717, 1.165) is 5.56 Å². The molecule has 1 aliphatic heterocycles. The Morgan fingerprint density at radius 2 is 2.00 bits per heavy atom. The van der Waals surface area contributed by atoms with E-state index in [1.54, 1.807) is 17.0 Å². The van der Waals surface area contributed by atoms with E-state index < -0.39 is 6.04 Å². The van der Waals surface area contributed by atoms with Gasteiger partial charge in [-0.25, -0.2) is 0 Å². The molecule has 0 radical (unpaired) electrons. The predicted molar refractivity (Wildman–Crippen MR) is 84.3 cm³/mol. The van der Waals surface area contributed by atoms with Crippen molar-refractivity contribution in [1.29, 1.82) is 0 Å². The van der Waals surface area contributed by atoms with Gasteiger partial charge in [-0.05, 0) is 23.6 Å². The van der Waals surface area contributed by atoms with Crippen LogP contribution < -0.4 is 11.1 Å². The van der Waals surface area contributed by atoms with Crippen LogP contribution >= 0.6 is 12.4 Å². The monoisotopic (exact) mass is 311 g/mol. The van der Waals surface area contributed by atoms with Crippen molar-refractivity contribution in [1.82, 2.24) is 10.2 Å². The summed E-state index contributed by atoms with van der Waals surface area (Å²) in [5, 5.41) is 2.82. The number of benzene rings is 1. The fraction of sp³-hybridized carbons (Fsp3) is 0.467. The van der Waals surface area contributed by atoms with Crippen LogP contribution in [-0.2, 0) is 11.3 Å². The molecule has 2 amide bonds. The average molecular weight is 312 g/mol. The molecule has 1 fully saturated rings. The Labute approximate surface area is 131 Å². The maximum Gasteiger partial charge on any atom is 0.254 e. The third kappa shape index (κ3) is 3.74. The summed E-state index contributed by atoms with van der Waals surface area (Å²) in [6.07, 6.45) is 0. The van der Waals surface area contributed by atoms with Gasteiger partial charge in [0.2, 0.25) is 5.91 Å². The van der Waals surface area contributed by atoms with E-state index in [0.29, 0.717) is 25.2 Å². The number of hydrogen-bond acceptors (Lipinski definition) is 3. The first-order valence-electron chi connectivity index (χ1n) is 6.92. The lowest BCUT2D eigenvalue weighted by Gasteiger charge is -2.37. The van der Waals surface area contributed by atoms with Crippen molar-refractivity contribution in [3.8, 4) is 0 Å². The molecule has 1 atom stereocenters. The fourth-order valence-corrected chi connectivity index (χ4v) is 2.52. The van der Waals surface area contributed by atoms with Crippen LogP contribution in [0.15, 0.2) is 24.3 Å². The summed E-state index contributed by atoms with van der Waals surface area (Å²) in [6, 6.07) is 6.84. The first-order valence-corrected chi connectivity index (χ1v) is 6.92. The summed E-state index contributed by atoms with van der Waals surface area (Å²) >= 11 is 0. The van der Waals surface area contributed by atoms with E-state index in [1.807, 2.05) is 26.0 Å². The second kappa shape index (κ2) is 7.43. The first-order chi connectivity index (χ1) is 9.54. The van der Waals surface area contributed by atoms with Gasteiger partial charge in [0.25, 0.3) is 5.91 Å². The molecular formula is C15H22ClN3O2. The summed E-state index contributed by atoms with van der Waals surface area (Å²) in [5.74, 6) is -0.0807. The minimum Gasteiger partial charge on any atom is -0.353 e. The van der Waals surface area contributed by atoms with Crippen molar-refractivity contribution < 1.29 is 9.59 Å². The molecule has 1 saturated heterocycles.